The van der Waals surface area contributed by atoms with E-state index < -0.39 is 0 Å². The first kappa shape index (κ1) is 12.1. The van der Waals surface area contributed by atoms with Crippen LogP contribution in [-0.4, -0.2) is 16.1 Å². The second kappa shape index (κ2) is 5.82. The predicted molar refractivity (Wildman–Crippen MR) is 67.3 cm³/mol. The normalized spacial score (nSPS) is 12.6. The minimum Gasteiger partial charge on any atom is -0.425 e. The lowest BCUT2D eigenvalue weighted by atomic mass is 10.0. The van der Waals surface area contributed by atoms with Gasteiger partial charge in [-0.15, -0.1) is 21.8 Å². The van der Waals surface area contributed by atoms with Crippen molar-refractivity contribution in [1.82, 2.24) is 10.2 Å². The number of rotatable bonds is 5. The van der Waals surface area contributed by atoms with Gasteiger partial charge in [-0.25, -0.2) is 0 Å². The van der Waals surface area contributed by atoms with Crippen LogP contribution >= 0.6 is 11.6 Å². The average molecular weight is 251 g/mol. The lowest BCUT2D eigenvalue weighted by Gasteiger charge is -2.05. The van der Waals surface area contributed by atoms with E-state index in [-0.39, 0.29) is 5.92 Å². The second-order valence-electron chi connectivity index (χ2n) is 3.96. The molecule has 0 aliphatic heterocycles. The predicted octanol–water partition coefficient (Wildman–Crippen LogP) is 3.39. The summed E-state index contributed by atoms with van der Waals surface area (Å²) in [5.74, 6) is 2.09. The number of alkyl halides is 1. The molecule has 0 radical (unpaired) electrons. The molecule has 0 fully saturated rings. The quantitative estimate of drug-likeness (QED) is 0.764. The van der Waals surface area contributed by atoms with Crippen LogP contribution in [0.3, 0.4) is 0 Å². The van der Waals surface area contributed by atoms with Gasteiger partial charge in [0.2, 0.25) is 11.8 Å². The van der Waals surface area contributed by atoms with Gasteiger partial charge in [0.25, 0.3) is 0 Å². The molecule has 0 spiro atoms. The maximum absolute atomic E-state index is 5.63. The van der Waals surface area contributed by atoms with E-state index in [0.29, 0.717) is 17.7 Å². The van der Waals surface area contributed by atoms with Gasteiger partial charge in [0.1, 0.15) is 0 Å². The van der Waals surface area contributed by atoms with Crippen molar-refractivity contribution < 1.29 is 4.42 Å². The molecule has 17 heavy (non-hydrogen) atoms. The molecule has 1 aromatic heterocycles. The summed E-state index contributed by atoms with van der Waals surface area (Å²) >= 11 is 5.63. The second-order valence-corrected chi connectivity index (χ2v) is 4.34. The Morgan fingerprint density at radius 3 is 2.71 bits per heavy atom. The Balaban J connectivity index is 2.09. The number of benzene rings is 1. The van der Waals surface area contributed by atoms with Crippen LogP contribution in [0.25, 0.3) is 0 Å². The third-order valence-corrected chi connectivity index (χ3v) is 2.94. The largest absolute Gasteiger partial charge is 0.425 e. The summed E-state index contributed by atoms with van der Waals surface area (Å²) in [6.45, 7) is 2.06. The van der Waals surface area contributed by atoms with Crippen LogP contribution in [0.1, 0.15) is 36.6 Å². The molecule has 4 heteroatoms. The minimum atomic E-state index is 0.133. The van der Waals surface area contributed by atoms with Crippen molar-refractivity contribution in [3.8, 4) is 0 Å². The van der Waals surface area contributed by atoms with E-state index in [1.54, 1.807) is 0 Å². The monoisotopic (exact) mass is 250 g/mol. The number of nitrogens with zero attached hydrogens (tertiary/aromatic N) is 2. The molecule has 1 aromatic carbocycles. The van der Waals surface area contributed by atoms with Gasteiger partial charge in [0, 0.05) is 12.3 Å². The van der Waals surface area contributed by atoms with Crippen molar-refractivity contribution in [3.63, 3.8) is 0 Å². The number of hydrogen-bond acceptors (Lipinski definition) is 3. The minimum absolute atomic E-state index is 0.133. The highest BCUT2D eigenvalue weighted by molar-refractivity contribution is 6.17. The molecule has 2 rings (SSSR count). The molecular formula is C13H15ClN2O. The Morgan fingerprint density at radius 1 is 1.24 bits per heavy atom. The van der Waals surface area contributed by atoms with Crippen LogP contribution in [0.5, 0.6) is 0 Å². The molecule has 0 aliphatic rings. The number of aromatic nitrogens is 2. The number of aryl methyl sites for hydroxylation is 1. The van der Waals surface area contributed by atoms with Crippen LogP contribution in [0.4, 0.5) is 0 Å². The van der Waals surface area contributed by atoms with Crippen molar-refractivity contribution >= 4 is 11.6 Å². The van der Waals surface area contributed by atoms with E-state index in [9.17, 15) is 0 Å². The third-order valence-electron chi connectivity index (χ3n) is 2.68. The Labute approximate surface area is 106 Å². The van der Waals surface area contributed by atoms with Crippen LogP contribution in [0.15, 0.2) is 34.7 Å². The van der Waals surface area contributed by atoms with E-state index >= 15 is 0 Å². The number of hydrogen-bond donors (Lipinski definition) is 0. The van der Waals surface area contributed by atoms with Gasteiger partial charge in [-0.3, -0.25) is 0 Å². The zero-order valence-corrected chi connectivity index (χ0v) is 10.5. The summed E-state index contributed by atoms with van der Waals surface area (Å²) in [6.07, 6.45) is 1.61. The van der Waals surface area contributed by atoms with Gasteiger partial charge in [0.15, 0.2) is 0 Å². The summed E-state index contributed by atoms with van der Waals surface area (Å²) in [5, 5.41) is 8.11. The molecule has 90 valence electrons. The lowest BCUT2D eigenvalue weighted by molar-refractivity contribution is 0.437. The molecule has 1 atom stereocenters. The van der Waals surface area contributed by atoms with Gasteiger partial charge < -0.3 is 4.42 Å². The molecular weight excluding hydrogens is 236 g/mol. The summed E-state index contributed by atoms with van der Waals surface area (Å²) in [6, 6.07) is 10.1. The van der Waals surface area contributed by atoms with Gasteiger partial charge in [0.05, 0.1) is 5.92 Å². The topological polar surface area (TPSA) is 38.9 Å². The van der Waals surface area contributed by atoms with Crippen LogP contribution in [0.2, 0.25) is 0 Å². The van der Waals surface area contributed by atoms with Crippen molar-refractivity contribution in [3.05, 3.63) is 47.7 Å². The summed E-state index contributed by atoms with van der Waals surface area (Å²) in [5.41, 5.74) is 1.18. The summed E-state index contributed by atoms with van der Waals surface area (Å²) in [7, 11) is 0. The van der Waals surface area contributed by atoms with Crippen LogP contribution in [0, 0.1) is 0 Å². The molecule has 1 unspecified atom stereocenters. The molecule has 2 aromatic rings. The van der Waals surface area contributed by atoms with Crippen molar-refractivity contribution in [1.29, 1.82) is 0 Å². The average Bonchev–Trinajstić information content (AvgIpc) is 2.85. The highest BCUT2D eigenvalue weighted by atomic mass is 35.5. The fraction of sp³-hybridized carbons (Fsp3) is 0.385. The molecule has 3 nitrogen and oxygen atoms in total. The first-order valence-corrected chi connectivity index (χ1v) is 6.28. The Morgan fingerprint density at radius 2 is 2.00 bits per heavy atom. The van der Waals surface area contributed by atoms with Crippen molar-refractivity contribution in [2.75, 3.05) is 5.88 Å². The Hall–Kier alpha value is -1.35. The molecule has 0 saturated heterocycles. The highest BCUT2D eigenvalue weighted by Crippen LogP contribution is 2.22. The smallest absolute Gasteiger partial charge is 0.223 e. The Bertz CT molecular complexity index is 455. The zero-order chi connectivity index (χ0) is 12.1. The van der Waals surface area contributed by atoms with E-state index in [0.717, 1.165) is 12.8 Å². The molecule has 1 heterocycles. The fourth-order valence-corrected chi connectivity index (χ4v) is 1.78. The molecule has 0 saturated carbocycles. The first-order valence-electron chi connectivity index (χ1n) is 5.74. The highest BCUT2D eigenvalue weighted by Gasteiger charge is 2.15. The molecule has 0 N–H and O–H groups in total. The third kappa shape index (κ3) is 3.07. The van der Waals surface area contributed by atoms with Gasteiger partial charge in [-0.2, -0.15) is 0 Å². The maximum atomic E-state index is 5.63. The zero-order valence-electron chi connectivity index (χ0n) is 9.77. The van der Waals surface area contributed by atoms with Crippen LogP contribution in [-0.2, 0) is 6.42 Å². The SMILES string of the molecule is CC(c1ccccc1)c1nnc(CCCCl)o1. The molecule has 0 amide bonds. The van der Waals surface area contributed by atoms with E-state index in [4.69, 9.17) is 16.0 Å². The van der Waals surface area contributed by atoms with Gasteiger partial charge in [-0.05, 0) is 18.9 Å². The van der Waals surface area contributed by atoms with E-state index in [2.05, 4.69) is 29.3 Å². The summed E-state index contributed by atoms with van der Waals surface area (Å²) in [4.78, 5) is 0. The summed E-state index contributed by atoms with van der Waals surface area (Å²) < 4.78 is 5.62. The Kier molecular flexibility index (Phi) is 4.15. The molecule has 0 bridgehead atoms. The fourth-order valence-electron chi connectivity index (χ4n) is 1.64. The standard InChI is InChI=1S/C13H15ClN2O/c1-10(11-6-3-2-4-7-11)13-16-15-12(17-13)8-5-9-14/h2-4,6-7,10H,5,8-9H2,1H3. The van der Waals surface area contributed by atoms with Crippen molar-refractivity contribution in [2.45, 2.75) is 25.7 Å². The van der Waals surface area contributed by atoms with E-state index in [1.807, 2.05) is 18.2 Å². The first-order chi connectivity index (χ1) is 8.31. The van der Waals surface area contributed by atoms with Crippen molar-refractivity contribution in [2.24, 2.45) is 0 Å². The van der Waals surface area contributed by atoms with E-state index in [1.165, 1.54) is 5.56 Å². The number of halogens is 1. The van der Waals surface area contributed by atoms with Gasteiger partial charge in [-0.1, -0.05) is 30.3 Å². The lowest BCUT2D eigenvalue weighted by Crippen LogP contribution is -1.95. The molecule has 0 aliphatic carbocycles. The van der Waals surface area contributed by atoms with Crippen LogP contribution < -0.4 is 0 Å². The van der Waals surface area contributed by atoms with Gasteiger partial charge >= 0.3 is 0 Å². The maximum Gasteiger partial charge on any atom is 0.223 e.